The van der Waals surface area contributed by atoms with E-state index >= 15 is 0 Å². The highest BCUT2D eigenvalue weighted by molar-refractivity contribution is 6.31. The maximum atomic E-state index is 6.17. The van der Waals surface area contributed by atoms with Gasteiger partial charge >= 0.3 is 0 Å². The van der Waals surface area contributed by atoms with Gasteiger partial charge in [-0.15, -0.1) is 0 Å². The fourth-order valence-corrected chi connectivity index (χ4v) is 2.67. The minimum absolute atomic E-state index is 0.489. The molecule has 17 heavy (non-hydrogen) atoms. The Morgan fingerprint density at radius 1 is 1.24 bits per heavy atom. The third-order valence-electron chi connectivity index (χ3n) is 3.44. The Balaban J connectivity index is 1.79. The summed E-state index contributed by atoms with van der Waals surface area (Å²) < 4.78 is 0. The summed E-state index contributed by atoms with van der Waals surface area (Å²) in [6, 6.07) is 9.24. The predicted octanol–water partition coefficient (Wildman–Crippen LogP) is 4.05. The van der Waals surface area contributed by atoms with Gasteiger partial charge in [0.05, 0.1) is 0 Å². The van der Waals surface area contributed by atoms with E-state index in [-0.39, 0.29) is 0 Å². The van der Waals surface area contributed by atoms with E-state index in [1.54, 1.807) is 0 Å². The number of hydrogen-bond acceptors (Lipinski definition) is 1. The molecule has 94 valence electrons. The number of nitrogens with one attached hydrogen (secondary N) is 1. The quantitative estimate of drug-likeness (QED) is 0.804. The number of hydrogen-bond donors (Lipinski definition) is 1. The van der Waals surface area contributed by atoms with E-state index in [1.807, 2.05) is 12.1 Å². The monoisotopic (exact) mass is 251 g/mol. The fourth-order valence-electron chi connectivity index (χ4n) is 2.46. The van der Waals surface area contributed by atoms with Crippen molar-refractivity contribution in [2.24, 2.45) is 5.92 Å². The Morgan fingerprint density at radius 2 is 1.94 bits per heavy atom. The first-order chi connectivity index (χ1) is 8.15. The van der Waals surface area contributed by atoms with Crippen LogP contribution in [0.25, 0.3) is 0 Å². The van der Waals surface area contributed by atoms with E-state index in [1.165, 1.54) is 24.8 Å². The van der Waals surface area contributed by atoms with Gasteiger partial charge in [0.1, 0.15) is 0 Å². The van der Waals surface area contributed by atoms with Gasteiger partial charge in [0.2, 0.25) is 0 Å². The van der Waals surface area contributed by atoms with Crippen molar-refractivity contribution in [3.63, 3.8) is 0 Å². The van der Waals surface area contributed by atoms with Crippen LogP contribution in [-0.2, 0) is 6.42 Å². The summed E-state index contributed by atoms with van der Waals surface area (Å²) in [5, 5.41) is 4.55. The summed E-state index contributed by atoms with van der Waals surface area (Å²) in [4.78, 5) is 0. The van der Waals surface area contributed by atoms with Crippen molar-refractivity contribution in [1.29, 1.82) is 0 Å². The van der Waals surface area contributed by atoms with Gasteiger partial charge < -0.3 is 5.32 Å². The molecular formula is C15H22ClN. The van der Waals surface area contributed by atoms with Crippen LogP contribution in [0.15, 0.2) is 24.3 Å². The lowest BCUT2D eigenvalue weighted by Crippen LogP contribution is -2.36. The molecule has 0 aliphatic heterocycles. The molecule has 0 amide bonds. The molecule has 0 spiro atoms. The van der Waals surface area contributed by atoms with Crippen LogP contribution in [0, 0.1) is 5.92 Å². The molecule has 0 saturated heterocycles. The van der Waals surface area contributed by atoms with Crippen LogP contribution in [0.1, 0.15) is 38.7 Å². The molecular weight excluding hydrogens is 230 g/mol. The van der Waals surface area contributed by atoms with Crippen LogP contribution in [0.5, 0.6) is 0 Å². The SMILES string of the molecule is CC(Cc1ccccc1Cl)NC(C)CC1CC1. The van der Waals surface area contributed by atoms with Gasteiger partial charge in [0.25, 0.3) is 0 Å². The van der Waals surface area contributed by atoms with Crippen LogP contribution in [0.2, 0.25) is 5.02 Å². The first-order valence-corrected chi connectivity index (χ1v) is 7.02. The van der Waals surface area contributed by atoms with Crippen LogP contribution < -0.4 is 5.32 Å². The van der Waals surface area contributed by atoms with E-state index in [9.17, 15) is 0 Å². The predicted molar refractivity (Wildman–Crippen MR) is 74.6 cm³/mol. The molecule has 1 fully saturated rings. The van der Waals surface area contributed by atoms with E-state index in [4.69, 9.17) is 11.6 Å². The molecule has 2 atom stereocenters. The van der Waals surface area contributed by atoms with Crippen LogP contribution in [0.3, 0.4) is 0 Å². The topological polar surface area (TPSA) is 12.0 Å². The van der Waals surface area contributed by atoms with Gasteiger partial charge in [-0.05, 0) is 44.2 Å². The molecule has 1 nitrogen and oxygen atoms in total. The molecule has 2 rings (SSSR count). The number of rotatable bonds is 6. The van der Waals surface area contributed by atoms with Gasteiger partial charge in [0.15, 0.2) is 0 Å². The van der Waals surface area contributed by atoms with Gasteiger partial charge in [0, 0.05) is 17.1 Å². The Labute approximate surface area is 110 Å². The minimum Gasteiger partial charge on any atom is -0.311 e. The summed E-state index contributed by atoms with van der Waals surface area (Å²) >= 11 is 6.17. The lowest BCUT2D eigenvalue weighted by atomic mass is 10.1. The second-order valence-corrected chi connectivity index (χ2v) is 5.85. The summed E-state index contributed by atoms with van der Waals surface area (Å²) in [7, 11) is 0. The summed E-state index contributed by atoms with van der Waals surface area (Å²) in [5.41, 5.74) is 1.24. The zero-order valence-electron chi connectivity index (χ0n) is 10.7. The van der Waals surface area contributed by atoms with Crippen molar-refractivity contribution in [1.82, 2.24) is 5.32 Å². The maximum Gasteiger partial charge on any atom is 0.0438 e. The van der Waals surface area contributed by atoms with Crippen molar-refractivity contribution in [3.8, 4) is 0 Å². The normalized spacial score (nSPS) is 19.0. The molecule has 1 aromatic rings. The number of halogens is 1. The molecule has 0 radical (unpaired) electrons. The average molecular weight is 252 g/mol. The third kappa shape index (κ3) is 4.33. The second-order valence-electron chi connectivity index (χ2n) is 5.44. The molecule has 1 aliphatic carbocycles. The third-order valence-corrected chi connectivity index (χ3v) is 3.81. The summed E-state index contributed by atoms with van der Waals surface area (Å²) in [5.74, 6) is 0.991. The van der Waals surface area contributed by atoms with Crippen LogP contribution in [-0.4, -0.2) is 12.1 Å². The van der Waals surface area contributed by atoms with Gasteiger partial charge in [-0.2, -0.15) is 0 Å². The zero-order chi connectivity index (χ0) is 12.3. The molecule has 1 saturated carbocycles. The van der Waals surface area contributed by atoms with Crippen LogP contribution >= 0.6 is 11.6 Å². The van der Waals surface area contributed by atoms with Crippen molar-refractivity contribution < 1.29 is 0 Å². The van der Waals surface area contributed by atoms with E-state index < -0.39 is 0 Å². The van der Waals surface area contributed by atoms with E-state index in [2.05, 4.69) is 31.3 Å². The fraction of sp³-hybridized carbons (Fsp3) is 0.600. The highest BCUT2D eigenvalue weighted by Crippen LogP contribution is 2.33. The highest BCUT2D eigenvalue weighted by atomic mass is 35.5. The molecule has 2 heteroatoms. The summed E-state index contributed by atoms with van der Waals surface area (Å²) in [6.07, 6.45) is 5.21. The number of benzene rings is 1. The molecule has 2 unspecified atom stereocenters. The van der Waals surface area contributed by atoms with Crippen molar-refractivity contribution in [3.05, 3.63) is 34.9 Å². The molecule has 0 bridgehead atoms. The van der Waals surface area contributed by atoms with Gasteiger partial charge in [-0.1, -0.05) is 42.6 Å². The molecule has 1 N–H and O–H groups in total. The Morgan fingerprint density at radius 3 is 2.59 bits per heavy atom. The molecule has 1 aromatic carbocycles. The first kappa shape index (κ1) is 12.9. The lowest BCUT2D eigenvalue weighted by molar-refractivity contribution is 0.428. The van der Waals surface area contributed by atoms with Crippen LogP contribution in [0.4, 0.5) is 0 Å². The smallest absolute Gasteiger partial charge is 0.0438 e. The van der Waals surface area contributed by atoms with Crippen molar-refractivity contribution in [2.45, 2.75) is 51.6 Å². The zero-order valence-corrected chi connectivity index (χ0v) is 11.5. The van der Waals surface area contributed by atoms with Gasteiger partial charge in [-0.25, -0.2) is 0 Å². The average Bonchev–Trinajstić information content (AvgIpc) is 3.05. The molecule has 0 heterocycles. The van der Waals surface area contributed by atoms with Gasteiger partial charge in [-0.3, -0.25) is 0 Å². The first-order valence-electron chi connectivity index (χ1n) is 6.64. The van der Waals surface area contributed by atoms with Crippen molar-refractivity contribution >= 4 is 11.6 Å². The maximum absolute atomic E-state index is 6.17. The summed E-state index contributed by atoms with van der Waals surface area (Å²) in [6.45, 7) is 4.54. The van der Waals surface area contributed by atoms with E-state index in [0.717, 1.165) is 17.4 Å². The Hall–Kier alpha value is -0.530. The standard InChI is InChI=1S/C15H22ClN/c1-11(9-13-7-8-13)17-12(2)10-14-5-3-4-6-15(14)16/h3-6,11-13,17H,7-10H2,1-2H3. The molecule has 0 aromatic heterocycles. The second kappa shape index (κ2) is 5.88. The Bertz CT molecular complexity index is 360. The Kier molecular flexibility index (Phi) is 4.47. The lowest BCUT2D eigenvalue weighted by Gasteiger charge is -2.20. The molecule has 1 aliphatic rings. The largest absolute Gasteiger partial charge is 0.311 e. The highest BCUT2D eigenvalue weighted by Gasteiger charge is 2.23. The minimum atomic E-state index is 0.489. The van der Waals surface area contributed by atoms with E-state index in [0.29, 0.717) is 12.1 Å². The van der Waals surface area contributed by atoms with Crippen molar-refractivity contribution in [2.75, 3.05) is 0 Å².